The molecule has 0 aliphatic rings. The molecule has 3 aromatic rings. The minimum absolute atomic E-state index is 0.123. The number of hydrogen-bond acceptors (Lipinski definition) is 5. The standard InChI is InChI=1S/C22H22FN3O3/c1-2-28-15-3-14-24-22(27)17-6-4-16(5-7-17)20-12-13-21(26-25-20)29-19-10-8-18(23)9-11-19/h4-13H,2-3,14-15H2,1H3,(H,24,27). The molecule has 7 heteroatoms. The monoisotopic (exact) mass is 395 g/mol. The zero-order valence-electron chi connectivity index (χ0n) is 16.1. The number of benzene rings is 2. The number of halogens is 1. The summed E-state index contributed by atoms with van der Waals surface area (Å²) in [4.78, 5) is 12.1. The van der Waals surface area contributed by atoms with E-state index in [-0.39, 0.29) is 11.7 Å². The van der Waals surface area contributed by atoms with E-state index in [0.29, 0.717) is 42.6 Å². The van der Waals surface area contributed by atoms with Crippen LogP contribution in [0.25, 0.3) is 11.3 Å². The number of nitrogens with one attached hydrogen (secondary N) is 1. The van der Waals surface area contributed by atoms with Crippen molar-refractivity contribution < 1.29 is 18.7 Å². The zero-order chi connectivity index (χ0) is 20.5. The van der Waals surface area contributed by atoms with Crippen LogP contribution in [0.3, 0.4) is 0 Å². The lowest BCUT2D eigenvalue weighted by Crippen LogP contribution is -2.25. The van der Waals surface area contributed by atoms with E-state index in [9.17, 15) is 9.18 Å². The van der Waals surface area contributed by atoms with E-state index in [1.165, 1.54) is 24.3 Å². The highest BCUT2D eigenvalue weighted by molar-refractivity contribution is 5.94. The second-order valence-electron chi connectivity index (χ2n) is 6.20. The van der Waals surface area contributed by atoms with Gasteiger partial charge in [-0.3, -0.25) is 4.79 Å². The Balaban J connectivity index is 1.56. The molecule has 1 N–H and O–H groups in total. The third-order valence-electron chi connectivity index (χ3n) is 4.07. The highest BCUT2D eigenvalue weighted by Crippen LogP contribution is 2.22. The van der Waals surface area contributed by atoms with Crippen LogP contribution in [0.5, 0.6) is 11.6 Å². The first-order valence-corrected chi connectivity index (χ1v) is 9.39. The molecule has 0 saturated heterocycles. The molecular weight excluding hydrogens is 373 g/mol. The van der Waals surface area contributed by atoms with E-state index in [1.807, 2.05) is 19.1 Å². The van der Waals surface area contributed by atoms with Gasteiger partial charge in [-0.1, -0.05) is 12.1 Å². The number of carbonyl (C=O) groups excluding carboxylic acids is 1. The summed E-state index contributed by atoms with van der Waals surface area (Å²) >= 11 is 0. The lowest BCUT2D eigenvalue weighted by Gasteiger charge is -2.07. The average Bonchev–Trinajstić information content (AvgIpc) is 2.76. The molecule has 0 saturated carbocycles. The van der Waals surface area contributed by atoms with Gasteiger partial charge in [-0.25, -0.2) is 4.39 Å². The second kappa shape index (κ2) is 10.3. The van der Waals surface area contributed by atoms with Gasteiger partial charge in [0.05, 0.1) is 5.69 Å². The molecular formula is C22H22FN3O3. The van der Waals surface area contributed by atoms with Crippen LogP contribution in [0, 0.1) is 5.82 Å². The Labute approximate surface area is 168 Å². The molecule has 150 valence electrons. The summed E-state index contributed by atoms with van der Waals surface area (Å²) in [6.07, 6.45) is 0.777. The molecule has 1 aromatic heterocycles. The number of aromatic nitrogens is 2. The van der Waals surface area contributed by atoms with E-state index < -0.39 is 0 Å². The van der Waals surface area contributed by atoms with Crippen LogP contribution in [0.2, 0.25) is 0 Å². The Kier molecular flexibility index (Phi) is 7.24. The maximum Gasteiger partial charge on any atom is 0.251 e. The van der Waals surface area contributed by atoms with Crippen LogP contribution >= 0.6 is 0 Å². The Morgan fingerprint density at radius 1 is 1.00 bits per heavy atom. The Morgan fingerprint density at radius 2 is 1.76 bits per heavy atom. The van der Waals surface area contributed by atoms with Gasteiger partial charge in [0.1, 0.15) is 11.6 Å². The van der Waals surface area contributed by atoms with Crippen molar-refractivity contribution in [2.24, 2.45) is 0 Å². The topological polar surface area (TPSA) is 73.3 Å². The summed E-state index contributed by atoms with van der Waals surface area (Å²) in [6, 6.07) is 16.3. The predicted octanol–water partition coefficient (Wildman–Crippen LogP) is 4.23. The van der Waals surface area contributed by atoms with Crippen molar-refractivity contribution in [1.82, 2.24) is 15.5 Å². The molecule has 0 spiro atoms. The quantitative estimate of drug-likeness (QED) is 0.549. The minimum Gasteiger partial charge on any atom is -0.438 e. The van der Waals surface area contributed by atoms with Crippen molar-refractivity contribution >= 4 is 5.91 Å². The molecule has 0 bridgehead atoms. The van der Waals surface area contributed by atoms with Gasteiger partial charge < -0.3 is 14.8 Å². The van der Waals surface area contributed by atoms with Gasteiger partial charge in [0, 0.05) is 37.0 Å². The summed E-state index contributed by atoms with van der Waals surface area (Å²) < 4.78 is 23.7. The number of carbonyl (C=O) groups is 1. The highest BCUT2D eigenvalue weighted by Gasteiger charge is 2.07. The van der Waals surface area contributed by atoms with Gasteiger partial charge in [-0.2, -0.15) is 0 Å². The van der Waals surface area contributed by atoms with Gasteiger partial charge in [0.15, 0.2) is 0 Å². The van der Waals surface area contributed by atoms with E-state index >= 15 is 0 Å². The van der Waals surface area contributed by atoms with Gasteiger partial charge in [-0.05, 0) is 55.8 Å². The Morgan fingerprint density at radius 3 is 2.41 bits per heavy atom. The number of hydrogen-bond donors (Lipinski definition) is 1. The first-order valence-electron chi connectivity index (χ1n) is 9.39. The zero-order valence-corrected chi connectivity index (χ0v) is 16.1. The molecule has 0 aliphatic carbocycles. The molecule has 6 nitrogen and oxygen atoms in total. The Bertz CT molecular complexity index is 914. The third kappa shape index (κ3) is 6.08. The third-order valence-corrected chi connectivity index (χ3v) is 4.07. The van der Waals surface area contributed by atoms with Gasteiger partial charge in [-0.15, -0.1) is 10.2 Å². The largest absolute Gasteiger partial charge is 0.438 e. The van der Waals surface area contributed by atoms with Gasteiger partial charge in [0.2, 0.25) is 5.88 Å². The van der Waals surface area contributed by atoms with Gasteiger partial charge >= 0.3 is 0 Å². The van der Waals surface area contributed by atoms with Crippen LogP contribution in [0.15, 0.2) is 60.7 Å². The molecule has 0 atom stereocenters. The normalized spacial score (nSPS) is 10.6. The average molecular weight is 395 g/mol. The molecule has 0 aliphatic heterocycles. The first-order chi connectivity index (χ1) is 14.2. The maximum absolute atomic E-state index is 12.9. The van der Waals surface area contributed by atoms with Crippen LogP contribution in [0.4, 0.5) is 4.39 Å². The molecule has 29 heavy (non-hydrogen) atoms. The van der Waals surface area contributed by atoms with E-state index in [2.05, 4.69) is 15.5 Å². The lowest BCUT2D eigenvalue weighted by molar-refractivity contribution is 0.0944. The number of ether oxygens (including phenoxy) is 2. The molecule has 1 heterocycles. The van der Waals surface area contributed by atoms with Crippen LogP contribution < -0.4 is 10.1 Å². The predicted molar refractivity (Wildman–Crippen MR) is 107 cm³/mol. The lowest BCUT2D eigenvalue weighted by atomic mass is 10.1. The van der Waals surface area contributed by atoms with Crippen molar-refractivity contribution in [3.05, 3.63) is 72.0 Å². The summed E-state index contributed by atoms with van der Waals surface area (Å²) in [6.45, 7) is 3.82. The van der Waals surface area contributed by atoms with E-state index in [4.69, 9.17) is 9.47 Å². The fourth-order valence-electron chi connectivity index (χ4n) is 2.57. The molecule has 0 unspecified atom stereocenters. The molecule has 2 aromatic carbocycles. The van der Waals surface area contributed by atoms with Crippen LogP contribution in [0.1, 0.15) is 23.7 Å². The molecule has 3 rings (SSSR count). The first kappa shape index (κ1) is 20.4. The van der Waals surface area contributed by atoms with Crippen molar-refractivity contribution in [3.8, 4) is 22.9 Å². The van der Waals surface area contributed by atoms with Crippen LogP contribution in [-0.2, 0) is 4.74 Å². The SMILES string of the molecule is CCOCCCNC(=O)c1ccc(-c2ccc(Oc3ccc(F)cc3)nn2)cc1. The molecule has 0 radical (unpaired) electrons. The van der Waals surface area contributed by atoms with E-state index in [0.717, 1.165) is 12.0 Å². The van der Waals surface area contributed by atoms with Crippen molar-refractivity contribution in [2.75, 3.05) is 19.8 Å². The summed E-state index contributed by atoms with van der Waals surface area (Å²) in [5, 5.41) is 11.1. The number of nitrogens with zero attached hydrogens (tertiary/aromatic N) is 2. The smallest absolute Gasteiger partial charge is 0.251 e. The van der Waals surface area contributed by atoms with Crippen molar-refractivity contribution in [2.45, 2.75) is 13.3 Å². The van der Waals surface area contributed by atoms with E-state index in [1.54, 1.807) is 24.3 Å². The molecule has 0 fully saturated rings. The van der Waals surface area contributed by atoms with Crippen molar-refractivity contribution in [3.63, 3.8) is 0 Å². The summed E-state index contributed by atoms with van der Waals surface area (Å²) in [7, 11) is 0. The summed E-state index contributed by atoms with van der Waals surface area (Å²) in [5.41, 5.74) is 2.06. The Hall–Kier alpha value is -3.32. The van der Waals surface area contributed by atoms with Gasteiger partial charge in [0.25, 0.3) is 5.91 Å². The maximum atomic E-state index is 12.9. The van der Waals surface area contributed by atoms with Crippen LogP contribution in [-0.4, -0.2) is 35.9 Å². The second-order valence-corrected chi connectivity index (χ2v) is 6.20. The minimum atomic E-state index is -0.332. The molecule has 1 amide bonds. The van der Waals surface area contributed by atoms with Crippen molar-refractivity contribution in [1.29, 1.82) is 0 Å². The number of rotatable bonds is 9. The number of amides is 1. The highest BCUT2D eigenvalue weighted by atomic mass is 19.1. The summed E-state index contributed by atoms with van der Waals surface area (Å²) in [5.74, 6) is 0.331. The fourth-order valence-corrected chi connectivity index (χ4v) is 2.57. The fraction of sp³-hybridized carbons (Fsp3) is 0.227.